The van der Waals surface area contributed by atoms with E-state index in [-0.39, 0.29) is 10.8 Å². The molecule has 0 radical (unpaired) electrons. The van der Waals surface area contributed by atoms with E-state index in [0.29, 0.717) is 0 Å². The first kappa shape index (κ1) is 30.7. The number of rotatable bonds is 1. The Morgan fingerprint density at radius 3 is 1.72 bits per heavy atom. The summed E-state index contributed by atoms with van der Waals surface area (Å²) >= 11 is 2.00. The van der Waals surface area contributed by atoms with Crippen LogP contribution in [0.1, 0.15) is 49.9 Å². The molecule has 0 spiro atoms. The van der Waals surface area contributed by atoms with Crippen molar-refractivity contribution in [3.05, 3.63) is 131 Å². The van der Waals surface area contributed by atoms with Gasteiger partial charge < -0.3 is 4.74 Å². The maximum atomic E-state index is 6.83. The van der Waals surface area contributed by atoms with Crippen LogP contribution in [0.15, 0.2) is 119 Å². The van der Waals surface area contributed by atoms with Crippen LogP contribution in [0, 0.1) is 0 Å². The summed E-state index contributed by atoms with van der Waals surface area (Å²) in [5.41, 5.74) is 13.5. The van der Waals surface area contributed by atoms with Crippen LogP contribution in [0.4, 0.5) is 0 Å². The van der Waals surface area contributed by atoms with Gasteiger partial charge in [-0.3, -0.25) is 0 Å². The molecule has 0 saturated carbocycles. The van der Waals surface area contributed by atoms with Gasteiger partial charge in [0.1, 0.15) is 27.6 Å². The maximum absolute atomic E-state index is 6.83. The van der Waals surface area contributed by atoms with E-state index in [1.807, 2.05) is 11.8 Å². The average Bonchev–Trinajstić information content (AvgIpc) is 3.47. The van der Waals surface area contributed by atoms with Gasteiger partial charge in [0.15, 0.2) is 0 Å². The molecule has 0 aromatic heterocycles. The van der Waals surface area contributed by atoms with Crippen LogP contribution in [0.2, 0.25) is 26.2 Å². The highest BCUT2D eigenvalue weighted by Gasteiger charge is 2.45. The topological polar surface area (TPSA) is 9.23 Å². The van der Waals surface area contributed by atoms with Crippen molar-refractivity contribution in [1.82, 2.24) is 0 Å². The van der Waals surface area contributed by atoms with Gasteiger partial charge >= 0.3 is 0 Å². The first-order valence-corrected chi connectivity index (χ1v) is 24.8. The Kier molecular flexibility index (Phi) is 6.03. The lowest BCUT2D eigenvalue weighted by atomic mass is 9.80. The van der Waals surface area contributed by atoms with Gasteiger partial charge in [0.25, 0.3) is 0 Å². The van der Waals surface area contributed by atoms with Gasteiger partial charge in [0, 0.05) is 26.2 Å². The zero-order valence-corrected chi connectivity index (χ0v) is 33.0. The highest BCUT2D eigenvalue weighted by molar-refractivity contribution is 8.00. The summed E-state index contributed by atoms with van der Waals surface area (Å²) in [5.74, 6) is 2.12. The fraction of sp³-hybridized carbons (Fsp3) is 0.217. The normalized spacial score (nSPS) is 18.3. The maximum Gasteiger partial charge on any atom is 0.135 e. The number of benzene rings is 6. The fourth-order valence-electron chi connectivity index (χ4n) is 9.80. The molecule has 2 heterocycles. The minimum atomic E-state index is -1.92. The summed E-state index contributed by atoms with van der Waals surface area (Å²) < 4.78 is 6.83. The third-order valence-corrected chi connectivity index (χ3v) is 21.4. The van der Waals surface area contributed by atoms with Gasteiger partial charge in [-0.05, 0) is 95.1 Å². The summed E-state index contributed by atoms with van der Waals surface area (Å²) in [6.45, 7) is 19.6. The number of hydrogen-bond acceptors (Lipinski definition) is 2. The van der Waals surface area contributed by atoms with Crippen molar-refractivity contribution < 1.29 is 4.74 Å². The van der Waals surface area contributed by atoms with E-state index in [2.05, 4.69) is 163 Å². The zero-order chi connectivity index (χ0) is 34.5. The van der Waals surface area contributed by atoms with E-state index >= 15 is 0 Å². The molecule has 0 atom stereocenters. The van der Waals surface area contributed by atoms with Crippen molar-refractivity contribution in [2.45, 2.75) is 74.5 Å². The minimum absolute atomic E-state index is 0.0749. The van der Waals surface area contributed by atoms with Gasteiger partial charge in [0.2, 0.25) is 0 Å². The molecule has 0 unspecified atom stereocenters. The van der Waals surface area contributed by atoms with Crippen LogP contribution in [-0.2, 0) is 10.8 Å². The van der Waals surface area contributed by atoms with Crippen molar-refractivity contribution in [3.8, 4) is 44.9 Å². The summed E-state index contributed by atoms with van der Waals surface area (Å²) in [5, 5.41) is 5.93. The number of para-hydroxylation sites is 1. The van der Waals surface area contributed by atoms with Gasteiger partial charge in [0.05, 0.1) is 0 Å². The van der Waals surface area contributed by atoms with Gasteiger partial charge in [-0.2, -0.15) is 0 Å². The Hall–Kier alpha value is -4.10. The summed E-state index contributed by atoms with van der Waals surface area (Å²) in [4.78, 5) is 2.94. The summed E-state index contributed by atoms with van der Waals surface area (Å²) in [6, 6.07) is 42.0. The SMILES string of the molecule is CC1(C)c2cc(-c3ccc4c(c3)C(C)(C)c3ccc5c(c3-4)Sc3ccccc3[Si]5(C)C)ccc2-c2c1ccc1c2Oc2ccccc2[Si]1(C)C. The summed E-state index contributed by atoms with van der Waals surface area (Å²) in [6.07, 6.45) is 0. The molecule has 4 heteroatoms. The fourth-order valence-corrected chi connectivity index (χ4v) is 18.2. The van der Waals surface area contributed by atoms with Crippen molar-refractivity contribution in [3.63, 3.8) is 0 Å². The molecule has 0 N–H and O–H groups in total. The molecule has 0 fully saturated rings. The second kappa shape index (κ2) is 9.82. The van der Waals surface area contributed by atoms with Crippen molar-refractivity contribution in [2.24, 2.45) is 0 Å². The molecule has 10 rings (SSSR count). The zero-order valence-electron chi connectivity index (χ0n) is 30.2. The Bertz CT molecular complexity index is 2330. The van der Waals surface area contributed by atoms with E-state index < -0.39 is 16.1 Å². The van der Waals surface area contributed by atoms with E-state index in [9.17, 15) is 0 Å². The first-order chi connectivity index (χ1) is 23.8. The molecule has 50 heavy (non-hydrogen) atoms. The van der Waals surface area contributed by atoms with Crippen LogP contribution in [0.25, 0.3) is 33.4 Å². The lowest BCUT2D eigenvalue weighted by molar-refractivity contribution is 0.487. The van der Waals surface area contributed by atoms with Crippen LogP contribution < -0.4 is 25.5 Å². The highest BCUT2D eigenvalue weighted by Crippen LogP contribution is 2.56. The number of ether oxygens (including phenoxy) is 1. The van der Waals surface area contributed by atoms with E-state index in [1.165, 1.54) is 75.8 Å². The standard InChI is InChI=1S/C46H42OSSi2/c1-45(2)31-21-23-39-43(47-35-13-9-11-15-37(35)49(39,5)6)41(31)29-19-17-27(25-33(29)45)28-18-20-30-34(26-28)46(3,4)32-22-24-40-44(42(30)32)48-36-14-10-12-16-38(36)50(40,7)8/h9-26H,1-8H3. The molecule has 6 aromatic carbocycles. The van der Waals surface area contributed by atoms with E-state index in [1.54, 1.807) is 10.4 Å². The lowest BCUT2D eigenvalue weighted by Gasteiger charge is -2.34. The molecule has 0 amide bonds. The third kappa shape index (κ3) is 3.80. The molecule has 246 valence electrons. The summed E-state index contributed by atoms with van der Waals surface area (Å²) in [7, 11) is -3.73. The van der Waals surface area contributed by atoms with Crippen LogP contribution >= 0.6 is 11.8 Å². The molecule has 0 saturated heterocycles. The van der Waals surface area contributed by atoms with Gasteiger partial charge in [-0.25, -0.2) is 0 Å². The van der Waals surface area contributed by atoms with Crippen molar-refractivity contribution in [2.75, 3.05) is 0 Å². The largest absolute Gasteiger partial charge is 0.457 e. The minimum Gasteiger partial charge on any atom is -0.457 e. The molecular formula is C46H42OSSi2. The quantitative estimate of drug-likeness (QED) is 0.158. The van der Waals surface area contributed by atoms with Gasteiger partial charge in [-0.15, -0.1) is 0 Å². The molecule has 6 aromatic rings. The van der Waals surface area contributed by atoms with Crippen LogP contribution in [0.5, 0.6) is 11.5 Å². The van der Waals surface area contributed by atoms with E-state index in [4.69, 9.17) is 4.74 Å². The lowest BCUT2D eigenvalue weighted by Crippen LogP contribution is -2.56. The van der Waals surface area contributed by atoms with Crippen molar-refractivity contribution >= 4 is 48.7 Å². The predicted molar refractivity (Wildman–Crippen MR) is 218 cm³/mol. The third-order valence-electron chi connectivity index (χ3n) is 12.8. The second-order valence-corrected chi connectivity index (χ2v) is 26.7. The van der Waals surface area contributed by atoms with Gasteiger partial charge in [-0.1, -0.05) is 151 Å². The molecule has 0 bridgehead atoms. The highest BCUT2D eigenvalue weighted by atomic mass is 32.2. The molecule has 1 nitrogen and oxygen atoms in total. The average molecular weight is 699 g/mol. The Morgan fingerprint density at radius 1 is 0.500 bits per heavy atom. The first-order valence-electron chi connectivity index (χ1n) is 18.0. The number of fused-ring (bicyclic) bond motifs is 12. The predicted octanol–water partition coefficient (Wildman–Crippen LogP) is 10.2. The van der Waals surface area contributed by atoms with Crippen molar-refractivity contribution in [1.29, 1.82) is 0 Å². The Morgan fingerprint density at radius 2 is 1.04 bits per heavy atom. The van der Waals surface area contributed by atoms with Crippen LogP contribution in [-0.4, -0.2) is 16.1 Å². The molecule has 2 aliphatic carbocycles. The van der Waals surface area contributed by atoms with Crippen LogP contribution in [0.3, 0.4) is 0 Å². The monoisotopic (exact) mass is 698 g/mol. The Balaban J connectivity index is 1.09. The molecule has 4 aliphatic rings. The Labute approximate surface area is 302 Å². The number of hydrogen-bond donors (Lipinski definition) is 0. The smallest absolute Gasteiger partial charge is 0.135 e. The molecular weight excluding hydrogens is 657 g/mol. The second-order valence-electron chi connectivity index (χ2n) is 16.9. The van der Waals surface area contributed by atoms with E-state index in [0.717, 1.165) is 11.5 Å². The molecule has 2 aliphatic heterocycles.